The van der Waals surface area contributed by atoms with Gasteiger partial charge in [0.1, 0.15) is 0 Å². The van der Waals surface area contributed by atoms with Crippen molar-refractivity contribution >= 4 is 40.8 Å². The van der Waals surface area contributed by atoms with Crippen LogP contribution < -0.4 is 5.32 Å². The van der Waals surface area contributed by atoms with Gasteiger partial charge >= 0.3 is 5.97 Å². The van der Waals surface area contributed by atoms with Crippen molar-refractivity contribution in [2.75, 3.05) is 5.32 Å². The van der Waals surface area contributed by atoms with E-state index in [1.54, 1.807) is 24.3 Å². The van der Waals surface area contributed by atoms with E-state index in [1.807, 2.05) is 12.1 Å². The molecule has 0 aromatic heterocycles. The highest BCUT2D eigenvalue weighted by atomic mass is 35.5. The quantitative estimate of drug-likeness (QED) is 0.851. The minimum atomic E-state index is -0.880. The van der Waals surface area contributed by atoms with Gasteiger partial charge in [0, 0.05) is 11.4 Å². The lowest BCUT2D eigenvalue weighted by atomic mass is 9.98. The van der Waals surface area contributed by atoms with Crippen molar-refractivity contribution in [1.82, 2.24) is 0 Å². The number of carbonyl (C=O) groups is 2. The Balaban J connectivity index is 1.78. The van der Waals surface area contributed by atoms with Gasteiger partial charge in [0.25, 0.3) is 5.91 Å². The molecule has 1 atom stereocenters. The maximum Gasteiger partial charge on any atom is 0.339 e. The van der Waals surface area contributed by atoms with Gasteiger partial charge in [-0.2, -0.15) is 0 Å². The number of anilines is 1. The molecule has 1 aliphatic heterocycles. The molecule has 0 bridgehead atoms. The predicted molar refractivity (Wildman–Crippen MR) is 84.4 cm³/mol. The number of ether oxygens (including phenoxy) is 1. The molecular weight excluding hydrogens is 325 g/mol. The van der Waals surface area contributed by atoms with Gasteiger partial charge in [-0.15, -0.1) is 0 Å². The third kappa shape index (κ3) is 2.93. The Labute approximate surface area is 137 Å². The first-order chi connectivity index (χ1) is 10.5. The zero-order valence-electron chi connectivity index (χ0n) is 11.3. The van der Waals surface area contributed by atoms with Gasteiger partial charge in [0.2, 0.25) is 0 Å². The second-order valence-corrected chi connectivity index (χ2v) is 5.71. The number of hydrogen-bond donors (Lipinski definition) is 1. The number of halogens is 2. The highest BCUT2D eigenvalue weighted by molar-refractivity contribution is 6.36. The molecule has 0 aliphatic carbocycles. The number of rotatable bonds is 2. The van der Waals surface area contributed by atoms with E-state index in [1.165, 1.54) is 6.07 Å². The third-order valence-electron chi connectivity index (χ3n) is 3.37. The van der Waals surface area contributed by atoms with Crippen LogP contribution in [0, 0.1) is 0 Å². The van der Waals surface area contributed by atoms with Gasteiger partial charge in [0.05, 0.1) is 16.3 Å². The van der Waals surface area contributed by atoms with E-state index in [0.29, 0.717) is 27.7 Å². The highest BCUT2D eigenvalue weighted by Crippen LogP contribution is 2.27. The number of carbonyl (C=O) groups excluding carboxylic acids is 2. The van der Waals surface area contributed by atoms with Crippen molar-refractivity contribution in [3.63, 3.8) is 0 Å². The van der Waals surface area contributed by atoms with E-state index in [-0.39, 0.29) is 0 Å². The van der Waals surface area contributed by atoms with Crippen molar-refractivity contribution in [3.05, 3.63) is 63.6 Å². The summed E-state index contributed by atoms with van der Waals surface area (Å²) in [6.07, 6.45) is -0.548. The molecule has 3 rings (SSSR count). The zero-order valence-corrected chi connectivity index (χ0v) is 12.8. The lowest BCUT2D eigenvalue weighted by Gasteiger charge is -2.23. The molecular formula is C16H11Cl2NO3. The smallest absolute Gasteiger partial charge is 0.339 e. The Morgan fingerprint density at radius 3 is 2.73 bits per heavy atom. The van der Waals surface area contributed by atoms with Crippen LogP contribution in [-0.2, 0) is 16.0 Å². The maximum atomic E-state index is 12.3. The second kappa shape index (κ2) is 5.99. The summed E-state index contributed by atoms with van der Waals surface area (Å²) in [6.45, 7) is 0. The summed E-state index contributed by atoms with van der Waals surface area (Å²) in [6, 6.07) is 11.8. The van der Waals surface area contributed by atoms with Crippen LogP contribution in [0.4, 0.5) is 5.69 Å². The van der Waals surface area contributed by atoms with Crippen LogP contribution in [0.3, 0.4) is 0 Å². The topological polar surface area (TPSA) is 55.4 Å². The molecule has 1 unspecified atom stereocenters. The molecule has 0 fully saturated rings. The fourth-order valence-electron chi connectivity index (χ4n) is 2.28. The van der Waals surface area contributed by atoms with E-state index in [4.69, 9.17) is 27.9 Å². The van der Waals surface area contributed by atoms with Crippen LogP contribution in [0.15, 0.2) is 42.5 Å². The van der Waals surface area contributed by atoms with Gasteiger partial charge in [-0.3, -0.25) is 4.79 Å². The highest BCUT2D eigenvalue weighted by Gasteiger charge is 2.31. The van der Waals surface area contributed by atoms with Crippen molar-refractivity contribution < 1.29 is 14.3 Å². The SMILES string of the molecule is O=C1OC(C(=O)Nc2ccc(Cl)cc2Cl)Cc2ccccc21. The van der Waals surface area contributed by atoms with Gasteiger partial charge in [-0.25, -0.2) is 4.79 Å². The van der Waals surface area contributed by atoms with E-state index >= 15 is 0 Å². The lowest BCUT2D eigenvalue weighted by Crippen LogP contribution is -2.38. The Morgan fingerprint density at radius 1 is 1.18 bits per heavy atom. The van der Waals surface area contributed by atoms with Gasteiger partial charge < -0.3 is 10.1 Å². The molecule has 1 amide bonds. The summed E-state index contributed by atoms with van der Waals surface area (Å²) in [5.74, 6) is -0.920. The number of esters is 1. The Kier molecular flexibility index (Phi) is 4.05. The summed E-state index contributed by atoms with van der Waals surface area (Å²) < 4.78 is 5.19. The van der Waals surface area contributed by atoms with Crippen LogP contribution in [0.25, 0.3) is 0 Å². The molecule has 1 N–H and O–H groups in total. The molecule has 4 nitrogen and oxygen atoms in total. The minimum absolute atomic E-state index is 0.323. The Morgan fingerprint density at radius 2 is 1.95 bits per heavy atom. The van der Waals surface area contributed by atoms with E-state index in [2.05, 4.69) is 5.32 Å². The van der Waals surface area contributed by atoms with Gasteiger partial charge in [-0.05, 0) is 29.8 Å². The molecule has 0 saturated heterocycles. The van der Waals surface area contributed by atoms with Crippen LogP contribution in [0.2, 0.25) is 10.0 Å². The molecule has 2 aromatic rings. The van der Waals surface area contributed by atoms with E-state index in [9.17, 15) is 9.59 Å². The molecule has 1 aliphatic rings. The number of benzene rings is 2. The largest absolute Gasteiger partial charge is 0.448 e. The normalized spacial score (nSPS) is 16.6. The molecule has 0 spiro atoms. The number of hydrogen-bond acceptors (Lipinski definition) is 3. The summed E-state index contributed by atoms with van der Waals surface area (Å²) in [4.78, 5) is 24.2. The molecule has 1 heterocycles. The standard InChI is InChI=1S/C16H11Cl2NO3/c17-10-5-6-13(12(18)8-10)19-15(20)14-7-9-3-1-2-4-11(9)16(21)22-14/h1-6,8,14H,7H2,(H,19,20). The van der Waals surface area contributed by atoms with Crippen molar-refractivity contribution in [1.29, 1.82) is 0 Å². The third-order valence-corrected chi connectivity index (χ3v) is 3.92. The second-order valence-electron chi connectivity index (χ2n) is 4.87. The predicted octanol–water partition coefficient (Wildman–Crippen LogP) is 3.71. The van der Waals surface area contributed by atoms with Crippen molar-refractivity contribution in [2.45, 2.75) is 12.5 Å². The summed E-state index contributed by atoms with van der Waals surface area (Å²) in [5, 5.41) is 3.45. The fourth-order valence-corrected chi connectivity index (χ4v) is 2.74. The monoisotopic (exact) mass is 335 g/mol. The first-order valence-electron chi connectivity index (χ1n) is 6.59. The number of nitrogens with one attached hydrogen (secondary N) is 1. The van der Waals surface area contributed by atoms with Crippen molar-refractivity contribution in [2.24, 2.45) is 0 Å². The zero-order chi connectivity index (χ0) is 15.7. The first-order valence-corrected chi connectivity index (χ1v) is 7.35. The first kappa shape index (κ1) is 14.9. The Hall–Kier alpha value is -2.04. The van der Waals surface area contributed by atoms with Crippen LogP contribution in [-0.4, -0.2) is 18.0 Å². The number of fused-ring (bicyclic) bond motifs is 1. The molecule has 112 valence electrons. The fraction of sp³-hybridized carbons (Fsp3) is 0.125. The minimum Gasteiger partial charge on any atom is -0.448 e. The summed E-state index contributed by atoms with van der Waals surface area (Å²) >= 11 is 11.8. The van der Waals surface area contributed by atoms with Gasteiger partial charge in [0.15, 0.2) is 6.10 Å². The Bertz CT molecular complexity index is 761. The molecule has 22 heavy (non-hydrogen) atoms. The van der Waals surface area contributed by atoms with E-state index < -0.39 is 18.0 Å². The van der Waals surface area contributed by atoms with Crippen LogP contribution in [0.5, 0.6) is 0 Å². The number of cyclic esters (lactones) is 1. The average Bonchev–Trinajstić information content (AvgIpc) is 2.50. The lowest BCUT2D eigenvalue weighted by molar-refractivity contribution is -0.125. The maximum absolute atomic E-state index is 12.3. The molecule has 0 saturated carbocycles. The molecule has 6 heteroatoms. The number of amides is 1. The average molecular weight is 336 g/mol. The molecule has 2 aromatic carbocycles. The van der Waals surface area contributed by atoms with Gasteiger partial charge in [-0.1, -0.05) is 41.4 Å². The van der Waals surface area contributed by atoms with Crippen LogP contribution >= 0.6 is 23.2 Å². The van der Waals surface area contributed by atoms with E-state index in [0.717, 1.165) is 5.56 Å². The summed E-state index contributed by atoms with van der Waals surface area (Å²) in [7, 11) is 0. The summed E-state index contributed by atoms with van der Waals surface area (Å²) in [5.41, 5.74) is 1.71. The van der Waals surface area contributed by atoms with Crippen molar-refractivity contribution in [3.8, 4) is 0 Å². The van der Waals surface area contributed by atoms with Crippen LogP contribution in [0.1, 0.15) is 15.9 Å². The molecule has 0 radical (unpaired) electrons.